The number of hydrogen-bond donors (Lipinski definition) is 0. The molecule has 0 heterocycles. The molecule has 5 heteroatoms. The highest BCUT2D eigenvalue weighted by atomic mass is 19.1. The summed E-state index contributed by atoms with van der Waals surface area (Å²) in [5, 5.41) is 8.55. The molecule has 0 spiro atoms. The maximum absolute atomic E-state index is 13.4. The molecular formula is C16H9F2NO2. The van der Waals surface area contributed by atoms with E-state index in [-0.39, 0.29) is 11.3 Å². The van der Waals surface area contributed by atoms with Crippen LogP contribution >= 0.6 is 0 Å². The Bertz CT molecular complexity index is 723. The van der Waals surface area contributed by atoms with Crippen molar-refractivity contribution in [2.75, 3.05) is 0 Å². The Morgan fingerprint density at radius 2 is 1.76 bits per heavy atom. The van der Waals surface area contributed by atoms with Gasteiger partial charge in [-0.1, -0.05) is 24.8 Å². The third-order valence-electron chi connectivity index (χ3n) is 2.72. The molecule has 21 heavy (non-hydrogen) atoms. The summed E-state index contributed by atoms with van der Waals surface area (Å²) < 4.78 is 31.7. The highest BCUT2D eigenvalue weighted by Gasteiger charge is 2.14. The second-order valence-electron chi connectivity index (χ2n) is 4.09. The zero-order valence-electron chi connectivity index (χ0n) is 10.8. The number of ether oxygens (including phenoxy) is 1. The maximum Gasteiger partial charge on any atom is 0.343 e. The number of carbonyl (C=O) groups excluding carboxylic acids is 1. The summed E-state index contributed by atoms with van der Waals surface area (Å²) in [5.74, 6) is -3.22. The third kappa shape index (κ3) is 3.12. The Labute approximate surface area is 119 Å². The third-order valence-corrected chi connectivity index (χ3v) is 2.72. The van der Waals surface area contributed by atoms with E-state index in [1.807, 2.05) is 0 Å². The lowest BCUT2D eigenvalue weighted by Crippen LogP contribution is -2.09. The molecule has 0 unspecified atom stereocenters. The van der Waals surface area contributed by atoms with Gasteiger partial charge in [-0.05, 0) is 17.7 Å². The van der Waals surface area contributed by atoms with Crippen molar-refractivity contribution in [3.63, 3.8) is 0 Å². The molecule has 0 amide bonds. The van der Waals surface area contributed by atoms with Gasteiger partial charge in [0.25, 0.3) is 0 Å². The van der Waals surface area contributed by atoms with Crippen LogP contribution in [0.4, 0.5) is 8.78 Å². The molecular weight excluding hydrogens is 276 g/mol. The monoisotopic (exact) mass is 285 g/mol. The largest absolute Gasteiger partial charge is 0.423 e. The molecule has 0 bridgehead atoms. The Hall–Kier alpha value is -3.00. The van der Waals surface area contributed by atoms with Gasteiger partial charge < -0.3 is 4.74 Å². The normalized spacial score (nSPS) is 9.76. The lowest BCUT2D eigenvalue weighted by Gasteiger charge is -2.06. The van der Waals surface area contributed by atoms with E-state index in [1.165, 1.54) is 18.2 Å². The molecule has 2 aromatic carbocycles. The quantitative estimate of drug-likeness (QED) is 0.638. The van der Waals surface area contributed by atoms with Gasteiger partial charge in [0, 0.05) is 12.1 Å². The second kappa shape index (κ2) is 5.97. The summed E-state index contributed by atoms with van der Waals surface area (Å²) in [6.45, 7) is 3.58. The van der Waals surface area contributed by atoms with E-state index in [0.717, 1.165) is 17.7 Å². The Morgan fingerprint density at radius 1 is 1.19 bits per heavy atom. The maximum atomic E-state index is 13.4. The number of benzene rings is 2. The molecule has 0 atom stereocenters. The van der Waals surface area contributed by atoms with Crippen LogP contribution in [0.15, 0.2) is 43.0 Å². The van der Waals surface area contributed by atoms with Crippen LogP contribution in [0, 0.1) is 23.0 Å². The van der Waals surface area contributed by atoms with Crippen molar-refractivity contribution >= 4 is 12.0 Å². The fourth-order valence-corrected chi connectivity index (χ4v) is 1.64. The highest BCUT2D eigenvalue weighted by Crippen LogP contribution is 2.21. The minimum Gasteiger partial charge on any atom is -0.423 e. The van der Waals surface area contributed by atoms with E-state index in [0.29, 0.717) is 0 Å². The predicted molar refractivity (Wildman–Crippen MR) is 72.6 cm³/mol. The van der Waals surface area contributed by atoms with Crippen LogP contribution < -0.4 is 4.74 Å². The smallest absolute Gasteiger partial charge is 0.343 e. The Morgan fingerprint density at radius 3 is 2.24 bits per heavy atom. The van der Waals surface area contributed by atoms with E-state index < -0.39 is 23.2 Å². The zero-order valence-corrected chi connectivity index (χ0v) is 10.8. The van der Waals surface area contributed by atoms with Gasteiger partial charge >= 0.3 is 5.97 Å². The number of hydrogen-bond acceptors (Lipinski definition) is 3. The molecule has 0 saturated carbocycles. The van der Waals surface area contributed by atoms with E-state index >= 15 is 0 Å². The van der Waals surface area contributed by atoms with Gasteiger partial charge in [0.15, 0.2) is 0 Å². The average molecular weight is 285 g/mol. The van der Waals surface area contributed by atoms with E-state index in [2.05, 4.69) is 6.58 Å². The molecule has 0 aliphatic carbocycles. The summed E-state index contributed by atoms with van der Waals surface area (Å²) in [6, 6.07) is 9.30. The van der Waals surface area contributed by atoms with Crippen molar-refractivity contribution in [2.45, 2.75) is 0 Å². The van der Waals surface area contributed by atoms with Crippen molar-refractivity contribution in [3.05, 3.63) is 71.3 Å². The van der Waals surface area contributed by atoms with Gasteiger partial charge in [-0.15, -0.1) is 0 Å². The molecule has 0 fully saturated rings. The zero-order chi connectivity index (χ0) is 15.4. The van der Waals surface area contributed by atoms with Gasteiger partial charge in [-0.3, -0.25) is 0 Å². The molecule has 0 N–H and O–H groups in total. The first kappa shape index (κ1) is 14.4. The standard InChI is InChI=1S/C16H9F2NO2/c1-2-10-3-5-11(6-4-10)16(20)21-12-7-14(17)13(9-19)15(18)8-12/h2-8H,1H2. The molecule has 0 aliphatic heterocycles. The lowest BCUT2D eigenvalue weighted by molar-refractivity contribution is 0.0734. The summed E-state index contributed by atoms with van der Waals surface area (Å²) >= 11 is 0. The van der Waals surface area contributed by atoms with E-state index in [4.69, 9.17) is 10.00 Å². The predicted octanol–water partition coefficient (Wildman–Crippen LogP) is 3.70. The van der Waals surface area contributed by atoms with Crippen molar-refractivity contribution in [3.8, 4) is 11.8 Å². The number of carbonyl (C=O) groups is 1. The summed E-state index contributed by atoms with van der Waals surface area (Å²) in [6.07, 6.45) is 1.61. The van der Waals surface area contributed by atoms with Gasteiger partial charge in [-0.2, -0.15) is 5.26 Å². The fourth-order valence-electron chi connectivity index (χ4n) is 1.64. The van der Waals surface area contributed by atoms with E-state index in [1.54, 1.807) is 18.2 Å². The minimum atomic E-state index is -1.08. The SMILES string of the molecule is C=Cc1ccc(C(=O)Oc2cc(F)c(C#N)c(F)c2)cc1. The Kier molecular flexibility index (Phi) is 4.10. The van der Waals surface area contributed by atoms with Gasteiger partial charge in [0.2, 0.25) is 0 Å². The molecule has 2 aromatic rings. The van der Waals surface area contributed by atoms with Crippen molar-refractivity contribution in [2.24, 2.45) is 0 Å². The first-order valence-electron chi connectivity index (χ1n) is 5.89. The molecule has 104 valence electrons. The first-order chi connectivity index (χ1) is 10.0. The molecule has 2 rings (SSSR count). The van der Waals surface area contributed by atoms with Crippen molar-refractivity contribution in [1.82, 2.24) is 0 Å². The van der Waals surface area contributed by atoms with Gasteiger partial charge in [-0.25, -0.2) is 13.6 Å². The number of esters is 1. The summed E-state index contributed by atoms with van der Waals surface area (Å²) in [7, 11) is 0. The summed E-state index contributed by atoms with van der Waals surface area (Å²) in [4.78, 5) is 11.8. The average Bonchev–Trinajstić information content (AvgIpc) is 2.47. The number of nitrogens with zero attached hydrogens (tertiary/aromatic N) is 1. The van der Waals surface area contributed by atoms with Crippen LogP contribution in [-0.4, -0.2) is 5.97 Å². The number of halogens is 2. The van der Waals surface area contributed by atoms with E-state index in [9.17, 15) is 13.6 Å². The van der Waals surface area contributed by atoms with Crippen LogP contribution in [0.25, 0.3) is 6.08 Å². The molecule has 3 nitrogen and oxygen atoms in total. The van der Waals surface area contributed by atoms with Gasteiger partial charge in [0.05, 0.1) is 5.56 Å². The van der Waals surface area contributed by atoms with Crippen LogP contribution in [0.3, 0.4) is 0 Å². The fraction of sp³-hybridized carbons (Fsp3) is 0. The van der Waals surface area contributed by atoms with Crippen LogP contribution in [-0.2, 0) is 0 Å². The minimum absolute atomic E-state index is 0.228. The topological polar surface area (TPSA) is 50.1 Å². The highest BCUT2D eigenvalue weighted by molar-refractivity contribution is 5.91. The summed E-state index contributed by atoms with van der Waals surface area (Å²) in [5.41, 5.74) is 0.331. The first-order valence-corrected chi connectivity index (χ1v) is 5.89. The number of nitriles is 1. The Balaban J connectivity index is 2.23. The van der Waals surface area contributed by atoms with Crippen molar-refractivity contribution in [1.29, 1.82) is 5.26 Å². The second-order valence-corrected chi connectivity index (χ2v) is 4.09. The van der Waals surface area contributed by atoms with Gasteiger partial charge in [0.1, 0.15) is 29.0 Å². The molecule has 0 aliphatic rings. The molecule has 0 radical (unpaired) electrons. The van der Waals surface area contributed by atoms with Crippen LogP contribution in [0.1, 0.15) is 21.5 Å². The number of rotatable bonds is 3. The molecule has 0 saturated heterocycles. The van der Waals surface area contributed by atoms with Crippen molar-refractivity contribution < 1.29 is 18.3 Å². The molecule has 0 aromatic heterocycles. The lowest BCUT2D eigenvalue weighted by atomic mass is 10.1. The van der Waals surface area contributed by atoms with Crippen LogP contribution in [0.2, 0.25) is 0 Å². The van der Waals surface area contributed by atoms with Crippen LogP contribution in [0.5, 0.6) is 5.75 Å².